The molecule has 1 spiro atoms. The number of aromatic nitrogens is 4. The van der Waals surface area contributed by atoms with E-state index in [0.29, 0.717) is 24.6 Å². The van der Waals surface area contributed by atoms with E-state index in [1.807, 2.05) is 9.58 Å². The van der Waals surface area contributed by atoms with E-state index in [-0.39, 0.29) is 29.9 Å². The van der Waals surface area contributed by atoms with Gasteiger partial charge in [-0.3, -0.25) is 9.79 Å². The SMILES string of the molecule is CC1=C(N2C(=O)C3(CCC(C=NCc4ccc5c(c4)Cn4nnnc4-5)CC3)CC2C)COC1=O. The van der Waals surface area contributed by atoms with Gasteiger partial charge in [-0.25, -0.2) is 9.48 Å². The maximum Gasteiger partial charge on any atom is 0.336 e. The summed E-state index contributed by atoms with van der Waals surface area (Å²) >= 11 is 0. The van der Waals surface area contributed by atoms with Crippen molar-refractivity contribution >= 4 is 18.1 Å². The van der Waals surface area contributed by atoms with Gasteiger partial charge in [0.1, 0.15) is 6.61 Å². The molecule has 1 unspecified atom stereocenters. The fourth-order valence-corrected chi connectivity index (χ4v) is 6.13. The number of hydrogen-bond donors (Lipinski definition) is 0. The Kier molecular flexibility index (Phi) is 4.89. The molecule has 0 bridgehead atoms. The molecule has 4 aliphatic rings. The Labute approximate surface area is 197 Å². The van der Waals surface area contributed by atoms with E-state index < -0.39 is 0 Å². The van der Waals surface area contributed by atoms with Crippen LogP contribution in [-0.4, -0.2) is 55.8 Å². The minimum absolute atomic E-state index is 0.0975. The first kappa shape index (κ1) is 21.2. The van der Waals surface area contributed by atoms with Gasteiger partial charge in [0.05, 0.1) is 29.8 Å². The van der Waals surface area contributed by atoms with Crippen molar-refractivity contribution in [1.29, 1.82) is 0 Å². The Bertz CT molecular complexity index is 1240. The molecule has 1 aliphatic carbocycles. The third-order valence-corrected chi connectivity index (χ3v) is 8.01. The zero-order chi connectivity index (χ0) is 23.4. The topological polar surface area (TPSA) is 103 Å². The van der Waals surface area contributed by atoms with E-state index in [1.54, 1.807) is 6.92 Å². The number of ether oxygens (including phenoxy) is 1. The van der Waals surface area contributed by atoms with Crippen LogP contribution in [0.25, 0.3) is 11.4 Å². The number of carbonyl (C=O) groups excluding carboxylic acids is 2. The molecule has 2 fully saturated rings. The van der Waals surface area contributed by atoms with E-state index in [9.17, 15) is 9.59 Å². The van der Waals surface area contributed by atoms with Crippen molar-refractivity contribution in [2.24, 2.45) is 16.3 Å². The lowest BCUT2D eigenvalue weighted by Crippen LogP contribution is -2.38. The maximum absolute atomic E-state index is 13.5. The van der Waals surface area contributed by atoms with Crippen LogP contribution in [0.3, 0.4) is 0 Å². The average molecular weight is 461 g/mol. The molecule has 1 atom stereocenters. The summed E-state index contributed by atoms with van der Waals surface area (Å²) in [5.74, 6) is 1.09. The summed E-state index contributed by atoms with van der Waals surface area (Å²) in [4.78, 5) is 31.9. The van der Waals surface area contributed by atoms with E-state index in [4.69, 9.17) is 9.73 Å². The minimum Gasteiger partial charge on any atom is -0.456 e. The number of hydrogen-bond acceptors (Lipinski definition) is 7. The van der Waals surface area contributed by atoms with Crippen LogP contribution in [0.15, 0.2) is 34.5 Å². The number of cyclic esters (lactones) is 1. The number of carbonyl (C=O) groups is 2. The highest BCUT2D eigenvalue weighted by Gasteiger charge is 2.53. The van der Waals surface area contributed by atoms with Crippen molar-refractivity contribution in [2.45, 2.75) is 65.1 Å². The molecule has 4 heterocycles. The van der Waals surface area contributed by atoms with Crippen LogP contribution in [0, 0.1) is 11.3 Å². The third-order valence-electron chi connectivity index (χ3n) is 8.01. The highest BCUT2D eigenvalue weighted by molar-refractivity contribution is 5.94. The Morgan fingerprint density at radius 2 is 2.09 bits per heavy atom. The van der Waals surface area contributed by atoms with Crippen molar-refractivity contribution in [3.8, 4) is 11.4 Å². The lowest BCUT2D eigenvalue weighted by Gasteiger charge is -2.34. The molecule has 1 aromatic carbocycles. The van der Waals surface area contributed by atoms with Crippen molar-refractivity contribution in [1.82, 2.24) is 25.1 Å². The fraction of sp³-hybridized carbons (Fsp3) is 0.520. The monoisotopic (exact) mass is 460 g/mol. The summed E-state index contributed by atoms with van der Waals surface area (Å²) < 4.78 is 6.98. The van der Waals surface area contributed by atoms with Gasteiger partial charge in [-0.05, 0) is 73.4 Å². The maximum atomic E-state index is 13.5. The second kappa shape index (κ2) is 7.85. The number of benzene rings is 1. The van der Waals surface area contributed by atoms with Crippen LogP contribution in [-0.2, 0) is 27.4 Å². The quantitative estimate of drug-likeness (QED) is 0.438. The second-order valence-corrected chi connectivity index (χ2v) is 10.1. The average Bonchev–Trinajstić information content (AvgIpc) is 3.55. The first-order valence-corrected chi connectivity index (χ1v) is 12.0. The lowest BCUT2D eigenvalue weighted by molar-refractivity contribution is -0.138. The molecular formula is C25H28N6O3. The number of aliphatic imine (C=N–C) groups is 1. The summed E-state index contributed by atoms with van der Waals surface area (Å²) in [6, 6.07) is 6.46. The van der Waals surface area contributed by atoms with Gasteiger partial charge in [0.15, 0.2) is 5.82 Å². The predicted molar refractivity (Wildman–Crippen MR) is 124 cm³/mol. The smallest absolute Gasteiger partial charge is 0.336 e. The molecule has 34 heavy (non-hydrogen) atoms. The summed E-state index contributed by atoms with van der Waals surface area (Å²) in [5.41, 5.74) is 4.50. The lowest BCUT2D eigenvalue weighted by atomic mass is 9.69. The summed E-state index contributed by atoms with van der Waals surface area (Å²) in [7, 11) is 0. The fourth-order valence-electron chi connectivity index (χ4n) is 6.13. The highest BCUT2D eigenvalue weighted by Crippen LogP contribution is 2.50. The van der Waals surface area contributed by atoms with E-state index in [2.05, 4.69) is 46.9 Å². The molecule has 0 N–H and O–H groups in total. The Morgan fingerprint density at radius 1 is 1.26 bits per heavy atom. The summed E-state index contributed by atoms with van der Waals surface area (Å²) in [6.07, 6.45) is 6.61. The molecule has 9 heteroatoms. The summed E-state index contributed by atoms with van der Waals surface area (Å²) in [5, 5.41) is 11.8. The molecular weight excluding hydrogens is 432 g/mol. The molecule has 3 aliphatic heterocycles. The first-order chi connectivity index (χ1) is 16.4. The number of amides is 1. The molecule has 1 amide bonds. The molecule has 1 aromatic heterocycles. The largest absolute Gasteiger partial charge is 0.456 e. The number of esters is 1. The molecule has 1 saturated carbocycles. The molecule has 1 saturated heterocycles. The van der Waals surface area contributed by atoms with Gasteiger partial charge in [-0.2, -0.15) is 0 Å². The van der Waals surface area contributed by atoms with Crippen molar-refractivity contribution < 1.29 is 14.3 Å². The van der Waals surface area contributed by atoms with Crippen LogP contribution in [0.4, 0.5) is 0 Å². The molecule has 176 valence electrons. The van der Waals surface area contributed by atoms with Crippen LogP contribution < -0.4 is 0 Å². The normalized spacial score (nSPS) is 28.4. The third kappa shape index (κ3) is 3.28. The van der Waals surface area contributed by atoms with Gasteiger partial charge in [-0.15, -0.1) is 5.10 Å². The second-order valence-electron chi connectivity index (χ2n) is 10.1. The Morgan fingerprint density at radius 3 is 2.85 bits per heavy atom. The number of fused-ring (bicyclic) bond motifs is 3. The van der Waals surface area contributed by atoms with Crippen molar-refractivity contribution in [3.05, 3.63) is 40.6 Å². The van der Waals surface area contributed by atoms with Crippen molar-refractivity contribution in [3.63, 3.8) is 0 Å². The predicted octanol–water partition coefficient (Wildman–Crippen LogP) is 2.90. The van der Waals surface area contributed by atoms with Gasteiger partial charge in [0.2, 0.25) is 5.91 Å². The van der Waals surface area contributed by atoms with Crippen LogP contribution >= 0.6 is 0 Å². The van der Waals surface area contributed by atoms with Gasteiger partial charge in [0.25, 0.3) is 0 Å². The zero-order valence-electron chi connectivity index (χ0n) is 19.5. The van der Waals surface area contributed by atoms with Gasteiger partial charge in [-0.1, -0.05) is 18.2 Å². The highest BCUT2D eigenvalue weighted by atomic mass is 16.5. The minimum atomic E-state index is -0.309. The van der Waals surface area contributed by atoms with Gasteiger partial charge < -0.3 is 9.64 Å². The zero-order valence-corrected chi connectivity index (χ0v) is 19.5. The van der Waals surface area contributed by atoms with E-state index in [1.165, 1.54) is 11.1 Å². The number of tetrazole rings is 1. The molecule has 6 rings (SSSR count). The van der Waals surface area contributed by atoms with Crippen LogP contribution in [0.5, 0.6) is 0 Å². The first-order valence-electron chi connectivity index (χ1n) is 12.0. The summed E-state index contributed by atoms with van der Waals surface area (Å²) in [6.45, 7) is 5.41. The van der Waals surface area contributed by atoms with Gasteiger partial charge in [0, 0.05) is 17.8 Å². The molecule has 0 radical (unpaired) electrons. The molecule has 2 aromatic rings. The van der Waals surface area contributed by atoms with Crippen molar-refractivity contribution in [2.75, 3.05) is 6.61 Å². The number of likely N-dealkylation sites (tertiary alicyclic amines) is 1. The van der Waals surface area contributed by atoms with Crippen LogP contribution in [0.1, 0.15) is 57.1 Å². The molecule has 9 nitrogen and oxygen atoms in total. The number of nitrogens with zero attached hydrogens (tertiary/aromatic N) is 6. The van der Waals surface area contributed by atoms with E-state index in [0.717, 1.165) is 49.2 Å². The Hall–Kier alpha value is -3.36. The standard InChI is InChI=1S/C25H28N6O3/c1-15-10-25(24(33)31(15)21-14-34-23(32)16(21)2)7-5-17(6-8-25)11-26-12-18-3-4-20-19(9-18)13-30-22(20)27-28-29-30/h3-4,9,11,15,17H,5-8,10,12-14H2,1-2H3. The van der Waals surface area contributed by atoms with E-state index >= 15 is 0 Å². The number of rotatable bonds is 4. The van der Waals surface area contributed by atoms with Crippen LogP contribution in [0.2, 0.25) is 0 Å². The van der Waals surface area contributed by atoms with Gasteiger partial charge >= 0.3 is 5.97 Å². The Balaban J connectivity index is 1.07.